The van der Waals surface area contributed by atoms with Crippen molar-refractivity contribution in [2.75, 3.05) is 19.7 Å². The Hall–Kier alpha value is -2.71. The average Bonchev–Trinajstić information content (AvgIpc) is 3.37. The van der Waals surface area contributed by atoms with E-state index in [1.54, 1.807) is 17.9 Å². The van der Waals surface area contributed by atoms with E-state index in [0.717, 1.165) is 18.4 Å². The van der Waals surface area contributed by atoms with Crippen molar-refractivity contribution in [2.45, 2.75) is 69.7 Å². The van der Waals surface area contributed by atoms with E-state index in [0.29, 0.717) is 25.9 Å². The van der Waals surface area contributed by atoms with Gasteiger partial charge in [0, 0.05) is 13.1 Å². The molecule has 3 saturated heterocycles. The fraction of sp³-hybridized carbons (Fsp3) is 0.607. The van der Waals surface area contributed by atoms with Crippen molar-refractivity contribution in [2.24, 2.45) is 17.8 Å². The number of hydrogen-bond acceptors (Lipinski definition) is 5. The van der Waals surface area contributed by atoms with Gasteiger partial charge >= 0.3 is 5.97 Å². The minimum atomic E-state index is -1.25. The highest BCUT2D eigenvalue weighted by Crippen LogP contribution is 2.65. The van der Waals surface area contributed by atoms with Gasteiger partial charge in [0.25, 0.3) is 0 Å². The van der Waals surface area contributed by atoms with Crippen LogP contribution < -0.4 is 0 Å². The Morgan fingerprint density at radius 1 is 1.33 bits per heavy atom. The molecule has 1 aromatic carbocycles. The smallest absolute Gasteiger partial charge is 0.310 e. The van der Waals surface area contributed by atoms with Crippen LogP contribution >= 0.6 is 0 Å². The summed E-state index contributed by atoms with van der Waals surface area (Å²) in [4.78, 5) is 44.0. The number of benzene rings is 1. The third kappa shape index (κ3) is 3.95. The second-order valence-corrected chi connectivity index (χ2v) is 10.7. The molecule has 1 spiro atoms. The van der Waals surface area contributed by atoms with Crippen molar-refractivity contribution in [3.05, 3.63) is 48.6 Å². The number of carboxylic acid groups (broad SMARTS) is 1. The van der Waals surface area contributed by atoms with Crippen LogP contribution in [0.5, 0.6) is 0 Å². The minimum absolute atomic E-state index is 0.150. The molecule has 2 bridgehead atoms. The van der Waals surface area contributed by atoms with E-state index in [9.17, 15) is 24.6 Å². The van der Waals surface area contributed by atoms with Crippen LogP contribution in [-0.4, -0.2) is 80.8 Å². The molecule has 0 aliphatic carbocycles. The highest BCUT2D eigenvalue weighted by molar-refractivity contribution is 5.98. The molecule has 3 heterocycles. The lowest BCUT2D eigenvalue weighted by molar-refractivity contribution is -0.160. The van der Waals surface area contributed by atoms with Crippen LogP contribution in [0, 0.1) is 17.8 Å². The summed E-state index contributed by atoms with van der Waals surface area (Å²) in [6.07, 6.45) is 4.10. The SMILES string of the molecule is C=CCN(CCCC)C(=O)C1N([C@@H](CO)Cc2ccccc2)C(=O)[C@@H]2[C@H](C(=O)O)[C@@]3(C)OC12CC3C. The molecule has 196 valence electrons. The lowest BCUT2D eigenvalue weighted by atomic mass is 9.62. The largest absolute Gasteiger partial charge is 0.481 e. The zero-order valence-corrected chi connectivity index (χ0v) is 21.4. The van der Waals surface area contributed by atoms with Gasteiger partial charge in [-0.15, -0.1) is 6.58 Å². The molecule has 0 saturated carbocycles. The molecule has 0 aromatic heterocycles. The number of unbranched alkanes of at least 4 members (excludes halogenated alkanes) is 1. The number of ether oxygens (including phenoxy) is 1. The summed E-state index contributed by atoms with van der Waals surface area (Å²) in [5, 5.41) is 20.7. The van der Waals surface area contributed by atoms with Crippen LogP contribution in [0.25, 0.3) is 0 Å². The number of carbonyl (C=O) groups is 3. The van der Waals surface area contributed by atoms with Gasteiger partial charge in [0.15, 0.2) is 0 Å². The maximum Gasteiger partial charge on any atom is 0.310 e. The Kier molecular flexibility index (Phi) is 7.30. The highest BCUT2D eigenvalue weighted by atomic mass is 16.5. The molecule has 3 unspecified atom stereocenters. The zero-order chi connectivity index (χ0) is 26.3. The summed E-state index contributed by atoms with van der Waals surface area (Å²) in [5.74, 6) is -3.97. The molecule has 1 aromatic rings. The Labute approximate surface area is 212 Å². The second-order valence-electron chi connectivity index (χ2n) is 10.7. The summed E-state index contributed by atoms with van der Waals surface area (Å²) in [6, 6.07) is 7.78. The number of aliphatic carboxylic acids is 1. The lowest BCUT2D eigenvalue weighted by Gasteiger charge is -2.39. The van der Waals surface area contributed by atoms with Crippen LogP contribution in [-0.2, 0) is 25.5 Å². The summed E-state index contributed by atoms with van der Waals surface area (Å²) in [6.45, 7) is 10.00. The van der Waals surface area contributed by atoms with Gasteiger partial charge in [-0.2, -0.15) is 0 Å². The predicted molar refractivity (Wildman–Crippen MR) is 134 cm³/mol. The van der Waals surface area contributed by atoms with Crippen molar-refractivity contribution in [3.63, 3.8) is 0 Å². The molecule has 2 amide bonds. The Bertz CT molecular complexity index is 1010. The number of aliphatic hydroxyl groups excluding tert-OH is 1. The monoisotopic (exact) mass is 498 g/mol. The van der Waals surface area contributed by atoms with E-state index in [2.05, 4.69) is 6.58 Å². The minimum Gasteiger partial charge on any atom is -0.481 e. The number of carbonyl (C=O) groups excluding carboxylic acids is 2. The van der Waals surface area contributed by atoms with Crippen LogP contribution in [0.2, 0.25) is 0 Å². The van der Waals surface area contributed by atoms with Gasteiger partial charge in [0.05, 0.1) is 24.2 Å². The summed E-state index contributed by atoms with van der Waals surface area (Å²) >= 11 is 0. The van der Waals surface area contributed by atoms with Gasteiger partial charge in [-0.1, -0.05) is 56.7 Å². The number of rotatable bonds is 11. The molecule has 2 N–H and O–H groups in total. The molecule has 8 heteroatoms. The van der Waals surface area contributed by atoms with E-state index in [1.807, 2.05) is 44.2 Å². The molecule has 4 rings (SSSR count). The first-order valence-corrected chi connectivity index (χ1v) is 13.0. The quantitative estimate of drug-likeness (QED) is 0.454. The van der Waals surface area contributed by atoms with Gasteiger partial charge in [0.1, 0.15) is 17.6 Å². The third-order valence-electron chi connectivity index (χ3n) is 8.61. The maximum absolute atomic E-state index is 14.3. The molecule has 8 nitrogen and oxygen atoms in total. The van der Waals surface area contributed by atoms with Gasteiger partial charge in [-0.25, -0.2) is 0 Å². The summed E-state index contributed by atoms with van der Waals surface area (Å²) in [7, 11) is 0. The summed E-state index contributed by atoms with van der Waals surface area (Å²) in [5.41, 5.74) is -1.38. The van der Waals surface area contributed by atoms with Crippen molar-refractivity contribution in [1.82, 2.24) is 9.80 Å². The first kappa shape index (κ1) is 26.4. The third-order valence-corrected chi connectivity index (χ3v) is 8.61. The number of likely N-dealkylation sites (tertiary alicyclic amines) is 1. The van der Waals surface area contributed by atoms with E-state index in [4.69, 9.17) is 4.74 Å². The van der Waals surface area contributed by atoms with Crippen LogP contribution in [0.4, 0.5) is 0 Å². The molecule has 36 heavy (non-hydrogen) atoms. The number of amides is 2. The average molecular weight is 499 g/mol. The number of aliphatic hydroxyl groups is 1. The van der Waals surface area contributed by atoms with Crippen LogP contribution in [0.1, 0.15) is 45.6 Å². The standard InChI is InChI=1S/C28H38N2O6/c1-5-7-14-29(13-6-2)25(33)23-28-16-18(3)27(4,36-28)22(26(34)35)21(28)24(32)30(23)20(17-31)15-19-11-9-8-10-12-19/h6,8-12,18,20-23,31H,2,5,7,13-17H2,1,3-4H3,(H,34,35)/t18?,20-,21+,22-,23?,27+,28?/m1/s1. The van der Waals surface area contributed by atoms with Crippen molar-refractivity contribution >= 4 is 17.8 Å². The van der Waals surface area contributed by atoms with E-state index < -0.39 is 47.0 Å². The molecule has 3 fully saturated rings. The van der Waals surface area contributed by atoms with Gasteiger partial charge < -0.3 is 24.7 Å². The van der Waals surface area contributed by atoms with Gasteiger partial charge in [-0.3, -0.25) is 14.4 Å². The topological polar surface area (TPSA) is 107 Å². The second kappa shape index (κ2) is 9.98. The van der Waals surface area contributed by atoms with Crippen molar-refractivity contribution in [3.8, 4) is 0 Å². The maximum atomic E-state index is 14.3. The molecular weight excluding hydrogens is 460 g/mol. The molecule has 3 aliphatic heterocycles. The van der Waals surface area contributed by atoms with Gasteiger partial charge in [-0.05, 0) is 37.7 Å². The van der Waals surface area contributed by atoms with Gasteiger partial charge in [0.2, 0.25) is 11.8 Å². The summed E-state index contributed by atoms with van der Waals surface area (Å²) < 4.78 is 6.57. The predicted octanol–water partition coefficient (Wildman–Crippen LogP) is 2.50. The van der Waals surface area contributed by atoms with Crippen LogP contribution in [0.15, 0.2) is 43.0 Å². The first-order chi connectivity index (χ1) is 17.2. The molecule has 3 aliphatic rings. The number of nitrogens with zero attached hydrogens (tertiary/aromatic N) is 2. The molecular formula is C28H38N2O6. The molecule has 7 atom stereocenters. The fourth-order valence-corrected chi connectivity index (χ4v) is 6.83. The number of carboxylic acids is 1. The van der Waals surface area contributed by atoms with E-state index in [1.165, 1.54) is 4.90 Å². The Balaban J connectivity index is 1.82. The number of fused-ring (bicyclic) bond motifs is 1. The zero-order valence-electron chi connectivity index (χ0n) is 21.4. The van der Waals surface area contributed by atoms with Crippen molar-refractivity contribution < 1.29 is 29.3 Å². The van der Waals surface area contributed by atoms with Crippen molar-refractivity contribution in [1.29, 1.82) is 0 Å². The van der Waals surface area contributed by atoms with E-state index >= 15 is 0 Å². The fourth-order valence-electron chi connectivity index (χ4n) is 6.83. The normalized spacial score (nSPS) is 33.4. The van der Waals surface area contributed by atoms with Crippen LogP contribution in [0.3, 0.4) is 0 Å². The first-order valence-electron chi connectivity index (χ1n) is 13.0. The Morgan fingerprint density at radius 3 is 2.61 bits per heavy atom. The Morgan fingerprint density at radius 2 is 2.03 bits per heavy atom. The van der Waals surface area contributed by atoms with E-state index in [-0.39, 0.29) is 18.4 Å². The number of hydrogen-bond donors (Lipinski definition) is 2. The molecule has 0 radical (unpaired) electrons. The highest BCUT2D eigenvalue weighted by Gasteiger charge is 2.80. The lowest BCUT2D eigenvalue weighted by Crippen LogP contribution is -2.59.